The summed E-state index contributed by atoms with van der Waals surface area (Å²) in [7, 11) is 1.53. The zero-order chi connectivity index (χ0) is 24.9. The van der Waals surface area contributed by atoms with Gasteiger partial charge < -0.3 is 9.84 Å². The van der Waals surface area contributed by atoms with Crippen LogP contribution in [0.15, 0.2) is 60.4 Å². The molecule has 1 atom stereocenters. The van der Waals surface area contributed by atoms with Gasteiger partial charge in [-0.3, -0.25) is 19.5 Å². The van der Waals surface area contributed by atoms with Gasteiger partial charge in [-0.15, -0.1) is 0 Å². The van der Waals surface area contributed by atoms with E-state index < -0.39 is 23.5 Å². The molecule has 3 heterocycles. The molecule has 4 aromatic rings. The molecule has 1 fully saturated rings. The third kappa shape index (κ3) is 3.82. The molecule has 5 rings (SSSR count). The quantitative estimate of drug-likeness (QED) is 0.224. The van der Waals surface area contributed by atoms with Gasteiger partial charge in [0.15, 0.2) is 5.13 Å². The highest BCUT2D eigenvalue weighted by molar-refractivity contribution is 7.22. The monoisotopic (exact) mass is 509 g/mol. The minimum atomic E-state index is -0.994. The van der Waals surface area contributed by atoms with Crippen molar-refractivity contribution < 1.29 is 23.8 Å². The number of ketones is 1. The molecular formula is C25H17ClFN3O4S. The number of Topliss-reactive ketones (excluding diaryl/α,β-unsaturated/α-hetero) is 1. The molecule has 1 aliphatic rings. The van der Waals surface area contributed by atoms with E-state index in [0.717, 1.165) is 16.9 Å². The topological polar surface area (TPSA) is 92.6 Å². The molecule has 0 spiro atoms. The first-order chi connectivity index (χ1) is 16.8. The number of thiazole rings is 1. The summed E-state index contributed by atoms with van der Waals surface area (Å²) in [5.74, 6) is -2.06. The van der Waals surface area contributed by atoms with E-state index in [2.05, 4.69) is 9.97 Å². The van der Waals surface area contributed by atoms with Gasteiger partial charge in [0.2, 0.25) is 0 Å². The minimum absolute atomic E-state index is 0.101. The SMILES string of the molecule is COc1ccc(/C(O)=C2\C(=O)C(=O)N(c3nc4cc(Cl)c(F)cc4s3)C2c2cccnc2)cc1C. The number of halogens is 2. The summed E-state index contributed by atoms with van der Waals surface area (Å²) in [4.78, 5) is 36.3. The molecule has 35 heavy (non-hydrogen) atoms. The number of ether oxygens (including phenoxy) is 1. The number of amides is 1. The van der Waals surface area contributed by atoms with E-state index in [0.29, 0.717) is 27.1 Å². The van der Waals surface area contributed by atoms with E-state index in [-0.39, 0.29) is 21.5 Å². The number of nitrogens with zero attached hydrogens (tertiary/aromatic N) is 3. The largest absolute Gasteiger partial charge is 0.507 e. The van der Waals surface area contributed by atoms with E-state index >= 15 is 0 Å². The Morgan fingerprint density at radius 2 is 2.03 bits per heavy atom. The highest BCUT2D eigenvalue weighted by Crippen LogP contribution is 2.44. The van der Waals surface area contributed by atoms with Gasteiger partial charge in [-0.1, -0.05) is 29.0 Å². The molecule has 1 saturated heterocycles. The fourth-order valence-corrected chi connectivity index (χ4v) is 5.24. The van der Waals surface area contributed by atoms with Crippen molar-refractivity contribution >= 4 is 55.7 Å². The Morgan fingerprint density at radius 1 is 1.23 bits per heavy atom. The Labute approximate surface area is 208 Å². The van der Waals surface area contributed by atoms with E-state index in [1.807, 2.05) is 0 Å². The number of anilines is 1. The van der Waals surface area contributed by atoms with Gasteiger partial charge in [0.05, 0.1) is 34.0 Å². The maximum absolute atomic E-state index is 14.0. The first kappa shape index (κ1) is 22.9. The van der Waals surface area contributed by atoms with Gasteiger partial charge in [-0.2, -0.15) is 0 Å². The normalized spacial score (nSPS) is 17.4. The smallest absolute Gasteiger partial charge is 0.301 e. The van der Waals surface area contributed by atoms with Crippen molar-refractivity contribution in [3.63, 3.8) is 0 Å². The van der Waals surface area contributed by atoms with Crippen LogP contribution in [0.4, 0.5) is 9.52 Å². The van der Waals surface area contributed by atoms with Crippen molar-refractivity contribution in [2.24, 2.45) is 0 Å². The molecule has 1 N–H and O–H groups in total. The lowest BCUT2D eigenvalue weighted by molar-refractivity contribution is -0.132. The molecule has 1 amide bonds. The summed E-state index contributed by atoms with van der Waals surface area (Å²) >= 11 is 6.94. The summed E-state index contributed by atoms with van der Waals surface area (Å²) in [6.07, 6.45) is 3.07. The zero-order valence-electron chi connectivity index (χ0n) is 18.5. The van der Waals surface area contributed by atoms with E-state index in [9.17, 15) is 19.1 Å². The Kier molecular flexibility index (Phi) is 5.74. The number of aryl methyl sites for hydroxylation is 1. The summed E-state index contributed by atoms with van der Waals surface area (Å²) in [6.45, 7) is 1.80. The van der Waals surface area contributed by atoms with Crippen LogP contribution in [0.2, 0.25) is 5.02 Å². The molecule has 10 heteroatoms. The highest BCUT2D eigenvalue weighted by Gasteiger charge is 2.48. The second-order valence-electron chi connectivity index (χ2n) is 7.87. The molecular weight excluding hydrogens is 493 g/mol. The third-order valence-electron chi connectivity index (χ3n) is 5.74. The van der Waals surface area contributed by atoms with Crippen LogP contribution in [0, 0.1) is 12.7 Å². The van der Waals surface area contributed by atoms with Crippen LogP contribution in [0.3, 0.4) is 0 Å². The second-order valence-corrected chi connectivity index (χ2v) is 9.29. The van der Waals surface area contributed by atoms with Crippen LogP contribution < -0.4 is 9.64 Å². The lowest BCUT2D eigenvalue weighted by Crippen LogP contribution is -2.29. The van der Waals surface area contributed by atoms with Crippen molar-refractivity contribution in [3.8, 4) is 5.75 Å². The number of aliphatic hydroxyl groups excluding tert-OH is 1. The van der Waals surface area contributed by atoms with Gasteiger partial charge in [-0.25, -0.2) is 9.37 Å². The van der Waals surface area contributed by atoms with Gasteiger partial charge >= 0.3 is 5.91 Å². The van der Waals surface area contributed by atoms with Crippen molar-refractivity contribution in [2.75, 3.05) is 12.0 Å². The Morgan fingerprint density at radius 3 is 2.71 bits per heavy atom. The molecule has 0 bridgehead atoms. The second kappa shape index (κ2) is 8.75. The molecule has 1 aliphatic heterocycles. The van der Waals surface area contributed by atoms with Crippen LogP contribution in [0.25, 0.3) is 16.0 Å². The Bertz CT molecular complexity index is 1500. The van der Waals surface area contributed by atoms with Gasteiger partial charge in [0.25, 0.3) is 5.78 Å². The van der Waals surface area contributed by atoms with Gasteiger partial charge in [0.1, 0.15) is 17.3 Å². The molecule has 2 aromatic heterocycles. The first-order valence-electron chi connectivity index (χ1n) is 10.4. The van der Waals surface area contributed by atoms with Crippen molar-refractivity contribution in [1.29, 1.82) is 0 Å². The summed E-state index contributed by atoms with van der Waals surface area (Å²) < 4.78 is 19.7. The maximum atomic E-state index is 14.0. The van der Waals surface area contributed by atoms with Gasteiger partial charge in [0, 0.05) is 18.0 Å². The number of carbonyl (C=O) groups excluding carboxylic acids is 2. The summed E-state index contributed by atoms with van der Waals surface area (Å²) in [6, 6.07) is 9.92. The predicted octanol–water partition coefficient (Wildman–Crippen LogP) is 5.43. The number of pyridine rings is 1. The van der Waals surface area contributed by atoms with Crippen LogP contribution in [0.5, 0.6) is 5.75 Å². The number of methoxy groups -OCH3 is 1. The highest BCUT2D eigenvalue weighted by atomic mass is 35.5. The van der Waals surface area contributed by atoms with E-state index in [1.165, 1.54) is 30.3 Å². The third-order valence-corrected chi connectivity index (χ3v) is 7.05. The van der Waals surface area contributed by atoms with Crippen molar-refractivity contribution in [2.45, 2.75) is 13.0 Å². The van der Waals surface area contributed by atoms with Crippen molar-refractivity contribution in [3.05, 3.63) is 88.0 Å². The molecule has 7 nitrogen and oxygen atoms in total. The number of hydrogen-bond acceptors (Lipinski definition) is 7. The fourth-order valence-electron chi connectivity index (χ4n) is 4.08. The van der Waals surface area contributed by atoms with Crippen molar-refractivity contribution in [1.82, 2.24) is 9.97 Å². The number of hydrogen-bond donors (Lipinski definition) is 1. The summed E-state index contributed by atoms with van der Waals surface area (Å²) in [5.41, 5.74) is 1.88. The Balaban J connectivity index is 1.71. The molecule has 0 saturated carbocycles. The van der Waals surface area contributed by atoms with E-state index in [4.69, 9.17) is 16.3 Å². The summed E-state index contributed by atoms with van der Waals surface area (Å²) in [5, 5.41) is 11.3. The molecule has 1 unspecified atom stereocenters. The Hall–Kier alpha value is -3.82. The first-order valence-corrected chi connectivity index (χ1v) is 11.6. The lowest BCUT2D eigenvalue weighted by atomic mass is 9.96. The number of benzene rings is 2. The molecule has 176 valence electrons. The average Bonchev–Trinajstić information content (AvgIpc) is 3.37. The van der Waals surface area contributed by atoms with Crippen LogP contribution in [-0.4, -0.2) is 33.9 Å². The number of fused-ring (bicyclic) bond motifs is 1. The van der Waals surface area contributed by atoms with E-state index in [1.54, 1.807) is 43.5 Å². The molecule has 0 aliphatic carbocycles. The van der Waals surface area contributed by atoms with Crippen LogP contribution in [0.1, 0.15) is 22.7 Å². The molecule has 2 aromatic carbocycles. The standard InChI is InChI=1S/C25H17ClFN3O4S/c1-12-8-13(5-6-18(12)34-2)22(31)20-21(14-4-3-7-28-11-14)30(24(33)23(20)32)25-29-17-9-15(26)16(27)10-19(17)35-25/h3-11,21,31H,1-2H3/b22-20+. The van der Waals surface area contributed by atoms with Crippen LogP contribution in [-0.2, 0) is 9.59 Å². The van der Waals surface area contributed by atoms with Gasteiger partial charge in [-0.05, 0) is 54.4 Å². The average molecular weight is 510 g/mol. The zero-order valence-corrected chi connectivity index (χ0v) is 20.0. The predicted molar refractivity (Wildman–Crippen MR) is 131 cm³/mol. The van der Waals surface area contributed by atoms with Crippen LogP contribution >= 0.6 is 22.9 Å². The minimum Gasteiger partial charge on any atom is -0.507 e. The number of aromatic nitrogens is 2. The maximum Gasteiger partial charge on any atom is 0.301 e. The lowest BCUT2D eigenvalue weighted by Gasteiger charge is -2.22. The number of rotatable bonds is 4. The fraction of sp³-hybridized carbons (Fsp3) is 0.120. The molecule has 0 radical (unpaired) electrons. The number of aliphatic hydroxyl groups is 1. The number of carbonyl (C=O) groups is 2.